The summed E-state index contributed by atoms with van der Waals surface area (Å²) in [6.45, 7) is 0.0660. The number of amides is 1. The maximum Gasteiger partial charge on any atom is 0.232 e. The number of nitrogens with one attached hydrogen (secondary N) is 1. The number of carbonyl (C=O) groups excluding carboxylic acids is 1. The van der Waals surface area contributed by atoms with Crippen molar-refractivity contribution in [3.8, 4) is 11.5 Å². The Labute approximate surface area is 160 Å². The lowest BCUT2D eigenvalue weighted by Crippen LogP contribution is -2.31. The fourth-order valence-corrected chi connectivity index (χ4v) is 3.66. The number of hydrogen-bond acceptors (Lipinski definition) is 5. The number of ether oxygens (including phenoxy) is 2. The molecule has 28 heavy (non-hydrogen) atoms. The third kappa shape index (κ3) is 4.69. The van der Waals surface area contributed by atoms with Crippen LogP contribution in [0.15, 0.2) is 36.4 Å². The molecule has 150 valence electrons. The van der Waals surface area contributed by atoms with E-state index in [4.69, 9.17) is 9.47 Å². The zero-order valence-corrected chi connectivity index (χ0v) is 15.8. The van der Waals surface area contributed by atoms with Crippen LogP contribution in [0.25, 0.3) is 0 Å². The molecule has 0 spiro atoms. The number of rotatable bonds is 7. The first-order chi connectivity index (χ1) is 13.2. The number of benzene rings is 2. The highest BCUT2D eigenvalue weighted by atomic mass is 32.2. The Morgan fingerprint density at radius 1 is 1.11 bits per heavy atom. The Morgan fingerprint density at radius 2 is 1.86 bits per heavy atom. The molecule has 2 aromatic carbocycles. The Bertz CT molecular complexity index is 997. The van der Waals surface area contributed by atoms with Gasteiger partial charge in [-0.3, -0.25) is 9.10 Å². The van der Waals surface area contributed by atoms with Crippen LogP contribution in [0.5, 0.6) is 11.5 Å². The smallest absolute Gasteiger partial charge is 0.232 e. The lowest BCUT2D eigenvalue weighted by molar-refractivity contribution is -0.116. The van der Waals surface area contributed by atoms with Crippen LogP contribution in [-0.2, 0) is 14.8 Å². The minimum absolute atomic E-state index is 0.00224. The second-order valence-electron chi connectivity index (χ2n) is 6.15. The standard InChI is InChI=1S/C18H18F2N2O5S/c1-28(24,25)22(13-5-6-14(19)15(20)10-13)8-2-3-18(23)21-12-4-7-16-17(9-12)27-11-26-16/h4-7,9-10H,2-3,8,11H2,1H3,(H,21,23). The second-order valence-corrected chi connectivity index (χ2v) is 8.06. The molecule has 0 aromatic heterocycles. The van der Waals surface area contributed by atoms with Crippen molar-refractivity contribution in [2.75, 3.05) is 29.2 Å². The normalized spacial score (nSPS) is 12.7. The number of halogens is 2. The van der Waals surface area contributed by atoms with Crippen LogP contribution in [-0.4, -0.2) is 33.9 Å². The summed E-state index contributed by atoms with van der Waals surface area (Å²) >= 11 is 0. The molecule has 1 heterocycles. The first-order valence-corrected chi connectivity index (χ1v) is 10.2. The summed E-state index contributed by atoms with van der Waals surface area (Å²) in [5.74, 6) is -1.42. The summed E-state index contributed by atoms with van der Waals surface area (Å²) in [5, 5.41) is 2.69. The third-order valence-electron chi connectivity index (χ3n) is 4.01. The summed E-state index contributed by atoms with van der Waals surface area (Å²) in [5.41, 5.74) is 0.521. The number of nitrogens with zero attached hydrogens (tertiary/aromatic N) is 1. The maximum atomic E-state index is 13.4. The van der Waals surface area contributed by atoms with E-state index >= 15 is 0 Å². The molecule has 10 heteroatoms. The lowest BCUT2D eigenvalue weighted by atomic mass is 10.2. The van der Waals surface area contributed by atoms with Crippen LogP contribution >= 0.6 is 0 Å². The van der Waals surface area contributed by atoms with E-state index in [2.05, 4.69) is 5.32 Å². The first kappa shape index (κ1) is 19.9. The maximum absolute atomic E-state index is 13.4. The zero-order valence-electron chi connectivity index (χ0n) is 14.9. The van der Waals surface area contributed by atoms with Gasteiger partial charge in [-0.25, -0.2) is 17.2 Å². The summed E-state index contributed by atoms with van der Waals surface area (Å²) < 4.78 is 61.9. The Hall–Kier alpha value is -2.88. The molecule has 3 rings (SSSR count). The molecular weight excluding hydrogens is 394 g/mol. The SMILES string of the molecule is CS(=O)(=O)N(CCCC(=O)Nc1ccc2c(c1)OCO2)c1ccc(F)c(F)c1. The van der Waals surface area contributed by atoms with Gasteiger partial charge in [0.1, 0.15) is 0 Å². The summed E-state index contributed by atoms with van der Waals surface area (Å²) in [4.78, 5) is 12.1. The Kier molecular flexibility index (Phi) is 5.68. The molecule has 1 aliphatic rings. The van der Waals surface area contributed by atoms with Gasteiger partial charge in [-0.2, -0.15) is 0 Å². The predicted octanol–water partition coefficient (Wildman–Crippen LogP) is 2.88. The fraction of sp³-hybridized carbons (Fsp3) is 0.278. The van der Waals surface area contributed by atoms with Crippen molar-refractivity contribution in [3.05, 3.63) is 48.0 Å². The minimum atomic E-state index is -3.73. The number of carbonyl (C=O) groups is 1. The van der Waals surface area contributed by atoms with Crippen molar-refractivity contribution >= 4 is 27.3 Å². The predicted molar refractivity (Wildman–Crippen MR) is 99.0 cm³/mol. The van der Waals surface area contributed by atoms with E-state index in [-0.39, 0.29) is 37.8 Å². The van der Waals surface area contributed by atoms with E-state index < -0.39 is 21.7 Å². The molecule has 1 amide bonds. The third-order valence-corrected chi connectivity index (χ3v) is 5.21. The van der Waals surface area contributed by atoms with Crippen LogP contribution < -0.4 is 19.1 Å². The van der Waals surface area contributed by atoms with Crippen molar-refractivity contribution in [1.29, 1.82) is 0 Å². The molecule has 0 unspecified atom stereocenters. The van der Waals surface area contributed by atoms with Gasteiger partial charge in [-0.15, -0.1) is 0 Å². The van der Waals surface area contributed by atoms with Crippen molar-refractivity contribution in [1.82, 2.24) is 0 Å². The second kappa shape index (κ2) is 8.01. The van der Waals surface area contributed by atoms with Crippen LogP contribution in [0.3, 0.4) is 0 Å². The van der Waals surface area contributed by atoms with E-state index in [1.165, 1.54) is 6.07 Å². The molecule has 2 aromatic rings. The van der Waals surface area contributed by atoms with Gasteiger partial charge in [0.05, 0.1) is 11.9 Å². The number of anilines is 2. The van der Waals surface area contributed by atoms with Crippen LogP contribution in [0.1, 0.15) is 12.8 Å². The van der Waals surface area contributed by atoms with Gasteiger partial charge in [0.15, 0.2) is 23.1 Å². The highest BCUT2D eigenvalue weighted by Crippen LogP contribution is 2.34. The van der Waals surface area contributed by atoms with Crippen molar-refractivity contribution < 1.29 is 31.5 Å². The van der Waals surface area contributed by atoms with E-state index in [1.807, 2.05) is 0 Å². The quantitative estimate of drug-likeness (QED) is 0.756. The van der Waals surface area contributed by atoms with Crippen molar-refractivity contribution in [2.24, 2.45) is 0 Å². The molecule has 0 saturated heterocycles. The summed E-state index contributed by atoms with van der Waals surface area (Å²) in [6.07, 6.45) is 1.17. The molecule has 0 saturated carbocycles. The molecule has 0 radical (unpaired) electrons. The van der Waals surface area contributed by atoms with E-state index in [0.717, 1.165) is 22.7 Å². The van der Waals surface area contributed by atoms with E-state index in [9.17, 15) is 22.0 Å². The molecule has 7 nitrogen and oxygen atoms in total. The van der Waals surface area contributed by atoms with Crippen LogP contribution in [0.4, 0.5) is 20.2 Å². The molecule has 1 N–H and O–H groups in total. The Balaban J connectivity index is 1.59. The number of sulfonamides is 1. The fourth-order valence-electron chi connectivity index (χ4n) is 2.71. The molecule has 0 aliphatic carbocycles. The number of fused-ring (bicyclic) bond motifs is 1. The van der Waals surface area contributed by atoms with Crippen molar-refractivity contribution in [2.45, 2.75) is 12.8 Å². The topological polar surface area (TPSA) is 84.9 Å². The molecule has 0 atom stereocenters. The molecule has 1 aliphatic heterocycles. The van der Waals surface area contributed by atoms with E-state index in [1.54, 1.807) is 18.2 Å². The van der Waals surface area contributed by atoms with Crippen LogP contribution in [0, 0.1) is 11.6 Å². The number of hydrogen-bond donors (Lipinski definition) is 1. The molecular formula is C18H18F2N2O5S. The minimum Gasteiger partial charge on any atom is -0.454 e. The van der Waals surface area contributed by atoms with Gasteiger partial charge in [-0.05, 0) is 30.7 Å². The monoisotopic (exact) mass is 412 g/mol. The van der Waals surface area contributed by atoms with Gasteiger partial charge >= 0.3 is 0 Å². The first-order valence-electron chi connectivity index (χ1n) is 8.36. The van der Waals surface area contributed by atoms with Gasteiger partial charge in [0.2, 0.25) is 22.7 Å². The Morgan fingerprint density at radius 3 is 2.57 bits per heavy atom. The van der Waals surface area contributed by atoms with Gasteiger partial charge in [0.25, 0.3) is 0 Å². The average molecular weight is 412 g/mol. The molecule has 0 bridgehead atoms. The van der Waals surface area contributed by atoms with Gasteiger partial charge < -0.3 is 14.8 Å². The average Bonchev–Trinajstić information content (AvgIpc) is 3.08. The summed E-state index contributed by atoms with van der Waals surface area (Å²) in [7, 11) is -3.73. The highest BCUT2D eigenvalue weighted by Gasteiger charge is 2.19. The van der Waals surface area contributed by atoms with Gasteiger partial charge in [-0.1, -0.05) is 0 Å². The van der Waals surface area contributed by atoms with E-state index in [0.29, 0.717) is 17.2 Å². The summed E-state index contributed by atoms with van der Waals surface area (Å²) in [6, 6.07) is 7.80. The zero-order chi connectivity index (χ0) is 20.3. The highest BCUT2D eigenvalue weighted by molar-refractivity contribution is 7.92. The van der Waals surface area contributed by atoms with Crippen LogP contribution in [0.2, 0.25) is 0 Å². The van der Waals surface area contributed by atoms with Gasteiger partial charge in [0, 0.05) is 30.8 Å². The largest absolute Gasteiger partial charge is 0.454 e. The lowest BCUT2D eigenvalue weighted by Gasteiger charge is -2.22. The molecule has 0 fully saturated rings. The van der Waals surface area contributed by atoms with Crippen molar-refractivity contribution in [3.63, 3.8) is 0 Å².